The second-order valence-electron chi connectivity index (χ2n) is 7.43. The predicted octanol–water partition coefficient (Wildman–Crippen LogP) is 6.35. The first-order valence-electron chi connectivity index (χ1n) is 10.1. The van der Waals surface area contributed by atoms with E-state index in [1.54, 1.807) is 18.3 Å². The van der Waals surface area contributed by atoms with Crippen LogP contribution < -0.4 is 10.1 Å². The van der Waals surface area contributed by atoms with Crippen LogP contribution in [0.1, 0.15) is 16.8 Å². The van der Waals surface area contributed by atoms with E-state index in [2.05, 4.69) is 10.3 Å². The summed E-state index contributed by atoms with van der Waals surface area (Å²) in [5.74, 6) is 0.484. The number of rotatable bonds is 4. The fourth-order valence-electron chi connectivity index (χ4n) is 3.36. The number of hydrogen-bond donors (Lipinski definition) is 1. The van der Waals surface area contributed by atoms with Crippen LogP contribution in [0.4, 0.5) is 10.5 Å². The molecule has 5 nitrogen and oxygen atoms in total. The van der Waals surface area contributed by atoms with Crippen molar-refractivity contribution in [3.05, 3.63) is 95.8 Å². The quantitative estimate of drug-likeness (QED) is 0.427. The summed E-state index contributed by atoms with van der Waals surface area (Å²) in [6.07, 6.45) is 1.22. The van der Waals surface area contributed by atoms with Crippen LogP contribution >= 0.6 is 0 Å². The van der Waals surface area contributed by atoms with Crippen LogP contribution in [-0.4, -0.2) is 16.1 Å². The summed E-state index contributed by atoms with van der Waals surface area (Å²) < 4.78 is 5.45. The highest BCUT2D eigenvalue weighted by atomic mass is 16.6. The number of pyridine rings is 2. The molecule has 0 unspecified atom stereocenters. The summed E-state index contributed by atoms with van der Waals surface area (Å²) in [5, 5.41) is 2.87. The first-order chi connectivity index (χ1) is 15.0. The summed E-state index contributed by atoms with van der Waals surface area (Å²) in [5.41, 5.74) is 6.96. The van der Waals surface area contributed by atoms with Crippen LogP contribution in [0.3, 0.4) is 0 Å². The lowest BCUT2D eigenvalue weighted by Gasteiger charge is -2.15. The molecule has 5 heteroatoms. The van der Waals surface area contributed by atoms with Gasteiger partial charge in [0, 0.05) is 23.0 Å². The highest BCUT2D eigenvalue weighted by Gasteiger charge is 2.16. The van der Waals surface area contributed by atoms with Crippen LogP contribution in [-0.2, 0) is 0 Å². The van der Waals surface area contributed by atoms with Crippen molar-refractivity contribution in [3.8, 4) is 28.3 Å². The molecule has 0 saturated heterocycles. The van der Waals surface area contributed by atoms with Crippen molar-refractivity contribution in [3.63, 3.8) is 0 Å². The molecule has 4 aromatic rings. The van der Waals surface area contributed by atoms with E-state index in [0.29, 0.717) is 17.1 Å². The number of carbonyl (C=O) groups excluding carboxylic acids is 1. The molecule has 154 valence electrons. The number of aromatic nitrogens is 2. The molecular formula is C26H23N3O2. The van der Waals surface area contributed by atoms with Crippen LogP contribution in [0, 0.1) is 20.8 Å². The van der Waals surface area contributed by atoms with Gasteiger partial charge in [0.1, 0.15) is 5.75 Å². The third-order valence-corrected chi connectivity index (χ3v) is 4.90. The van der Waals surface area contributed by atoms with Gasteiger partial charge in [0.2, 0.25) is 0 Å². The van der Waals surface area contributed by atoms with E-state index in [9.17, 15) is 4.79 Å². The van der Waals surface area contributed by atoms with Gasteiger partial charge in [0.25, 0.3) is 0 Å². The van der Waals surface area contributed by atoms with E-state index in [4.69, 9.17) is 9.72 Å². The molecular weight excluding hydrogens is 386 g/mol. The fraction of sp³-hybridized carbons (Fsp3) is 0.115. The van der Waals surface area contributed by atoms with Gasteiger partial charge in [-0.2, -0.15) is 0 Å². The molecule has 2 aromatic carbocycles. The maximum Gasteiger partial charge on any atom is 0.417 e. The summed E-state index contributed by atoms with van der Waals surface area (Å²) in [4.78, 5) is 21.8. The number of aryl methyl sites for hydroxylation is 3. The van der Waals surface area contributed by atoms with Gasteiger partial charge >= 0.3 is 6.09 Å². The smallest absolute Gasteiger partial charge is 0.410 e. The lowest BCUT2D eigenvalue weighted by Crippen LogP contribution is -2.18. The van der Waals surface area contributed by atoms with E-state index in [-0.39, 0.29) is 0 Å². The number of nitrogens with one attached hydrogen (secondary N) is 1. The third kappa shape index (κ3) is 4.78. The zero-order valence-electron chi connectivity index (χ0n) is 17.7. The zero-order valence-corrected chi connectivity index (χ0v) is 17.7. The average molecular weight is 409 g/mol. The average Bonchev–Trinajstić information content (AvgIpc) is 2.76. The van der Waals surface area contributed by atoms with Gasteiger partial charge in [-0.1, -0.05) is 48.0 Å². The minimum absolute atomic E-state index is 0.484. The van der Waals surface area contributed by atoms with Crippen LogP contribution in [0.15, 0.2) is 79.0 Å². The number of ether oxygens (including phenoxy) is 1. The first kappa shape index (κ1) is 20.3. The van der Waals surface area contributed by atoms with E-state index in [1.165, 1.54) is 0 Å². The minimum Gasteiger partial charge on any atom is -0.410 e. The Balaban J connectivity index is 1.72. The Kier molecular flexibility index (Phi) is 5.76. The molecule has 0 aliphatic rings. The number of amides is 1. The van der Waals surface area contributed by atoms with E-state index < -0.39 is 6.09 Å². The number of hydrogen-bond acceptors (Lipinski definition) is 4. The fourth-order valence-corrected chi connectivity index (χ4v) is 3.36. The molecule has 1 N–H and O–H groups in total. The van der Waals surface area contributed by atoms with E-state index >= 15 is 0 Å². The maximum absolute atomic E-state index is 12.6. The SMILES string of the molecule is Cc1ccc(OC(=O)Nc2cc(C)c(-c3ccnc(C)c3)nc2-c2ccccc2)cc1. The Bertz CT molecular complexity index is 1220. The highest BCUT2D eigenvalue weighted by molar-refractivity contribution is 5.92. The van der Waals surface area contributed by atoms with Crippen LogP contribution in [0.2, 0.25) is 0 Å². The van der Waals surface area contributed by atoms with Crippen molar-refractivity contribution in [2.45, 2.75) is 20.8 Å². The largest absolute Gasteiger partial charge is 0.417 e. The van der Waals surface area contributed by atoms with Crippen LogP contribution in [0.25, 0.3) is 22.5 Å². The summed E-state index contributed by atoms with van der Waals surface area (Å²) in [6.45, 7) is 5.91. The van der Waals surface area contributed by atoms with Crippen molar-refractivity contribution in [2.75, 3.05) is 5.32 Å². The maximum atomic E-state index is 12.6. The summed E-state index contributed by atoms with van der Waals surface area (Å²) in [6, 6.07) is 23.0. The Morgan fingerprint density at radius 1 is 0.839 bits per heavy atom. The highest BCUT2D eigenvalue weighted by Crippen LogP contribution is 2.32. The van der Waals surface area contributed by atoms with Gasteiger partial charge in [-0.25, -0.2) is 9.78 Å². The van der Waals surface area contributed by atoms with Crippen molar-refractivity contribution >= 4 is 11.8 Å². The summed E-state index contributed by atoms with van der Waals surface area (Å²) in [7, 11) is 0. The van der Waals surface area contributed by atoms with Crippen molar-refractivity contribution in [2.24, 2.45) is 0 Å². The Hall–Kier alpha value is -3.99. The monoisotopic (exact) mass is 409 g/mol. The van der Waals surface area contributed by atoms with Gasteiger partial charge in [-0.05, 0) is 56.7 Å². The molecule has 0 radical (unpaired) electrons. The predicted molar refractivity (Wildman–Crippen MR) is 123 cm³/mol. The molecule has 0 atom stereocenters. The molecule has 0 aliphatic carbocycles. The van der Waals surface area contributed by atoms with Crippen LogP contribution in [0.5, 0.6) is 5.75 Å². The number of nitrogens with zero attached hydrogens (tertiary/aromatic N) is 2. The number of anilines is 1. The van der Waals surface area contributed by atoms with Crippen molar-refractivity contribution in [1.29, 1.82) is 0 Å². The molecule has 31 heavy (non-hydrogen) atoms. The van der Waals surface area contributed by atoms with Gasteiger partial charge in [0.05, 0.1) is 17.1 Å². The second kappa shape index (κ2) is 8.79. The first-order valence-corrected chi connectivity index (χ1v) is 10.1. The number of benzene rings is 2. The Morgan fingerprint density at radius 3 is 2.29 bits per heavy atom. The Morgan fingerprint density at radius 2 is 1.58 bits per heavy atom. The third-order valence-electron chi connectivity index (χ3n) is 4.90. The Labute approximate surface area is 181 Å². The minimum atomic E-state index is -0.560. The van der Waals surface area contributed by atoms with Gasteiger partial charge in [-0.15, -0.1) is 0 Å². The standard InChI is InChI=1S/C26H23N3O2/c1-17-9-11-22(12-10-17)31-26(30)28-23-15-18(2)24(21-13-14-27-19(3)16-21)29-25(23)20-7-5-4-6-8-20/h4-16H,1-3H3,(H,28,30). The van der Waals surface area contributed by atoms with E-state index in [1.807, 2.05) is 81.4 Å². The number of carbonyl (C=O) groups is 1. The lowest BCUT2D eigenvalue weighted by atomic mass is 10.0. The molecule has 0 spiro atoms. The normalized spacial score (nSPS) is 10.5. The van der Waals surface area contributed by atoms with Crippen molar-refractivity contribution < 1.29 is 9.53 Å². The molecule has 0 fully saturated rings. The van der Waals surface area contributed by atoms with E-state index in [0.717, 1.165) is 33.6 Å². The summed E-state index contributed by atoms with van der Waals surface area (Å²) >= 11 is 0. The lowest BCUT2D eigenvalue weighted by molar-refractivity contribution is 0.215. The van der Waals surface area contributed by atoms with Gasteiger partial charge in [0.15, 0.2) is 0 Å². The molecule has 2 heterocycles. The topological polar surface area (TPSA) is 64.1 Å². The molecule has 2 aromatic heterocycles. The molecule has 0 bridgehead atoms. The zero-order chi connectivity index (χ0) is 21.8. The van der Waals surface area contributed by atoms with Crippen molar-refractivity contribution in [1.82, 2.24) is 9.97 Å². The van der Waals surface area contributed by atoms with Gasteiger partial charge < -0.3 is 4.74 Å². The second-order valence-corrected chi connectivity index (χ2v) is 7.43. The molecule has 0 saturated carbocycles. The molecule has 4 rings (SSSR count). The molecule has 1 amide bonds. The van der Waals surface area contributed by atoms with Gasteiger partial charge in [-0.3, -0.25) is 10.3 Å². The molecule has 0 aliphatic heterocycles.